The van der Waals surface area contributed by atoms with Gasteiger partial charge in [0, 0.05) is 16.3 Å². The number of hydrogen-bond acceptors (Lipinski definition) is 4. The maximum Gasteiger partial charge on any atom is 0.259 e. The molecule has 4 rings (SSSR count). The molecule has 4 aromatic rings. The van der Waals surface area contributed by atoms with Gasteiger partial charge in [-0.3, -0.25) is 4.79 Å². The lowest BCUT2D eigenvalue weighted by Gasteiger charge is -2.07. The normalized spacial score (nSPS) is 10.6. The van der Waals surface area contributed by atoms with Gasteiger partial charge in [0.25, 0.3) is 11.8 Å². The Bertz CT molecular complexity index is 1080. The molecule has 0 saturated carbocycles. The van der Waals surface area contributed by atoms with Gasteiger partial charge >= 0.3 is 0 Å². The van der Waals surface area contributed by atoms with Crippen LogP contribution < -0.4 is 5.32 Å². The van der Waals surface area contributed by atoms with Gasteiger partial charge in [-0.15, -0.1) is 0 Å². The van der Waals surface area contributed by atoms with Gasteiger partial charge in [0.1, 0.15) is 0 Å². The number of hydrogen-bond donors (Lipinski definition) is 1. The third-order valence-corrected chi connectivity index (χ3v) is 4.21. The summed E-state index contributed by atoms with van der Waals surface area (Å²) in [7, 11) is 0. The SMILES string of the molecule is O=C(Nc1ccccc1)c1ccccc1-c1nc(-c2ccc(Cl)cc2)no1. The van der Waals surface area contributed by atoms with E-state index in [1.165, 1.54) is 0 Å². The minimum atomic E-state index is -0.247. The van der Waals surface area contributed by atoms with E-state index in [4.69, 9.17) is 16.1 Å². The van der Waals surface area contributed by atoms with Crippen LogP contribution in [0.25, 0.3) is 22.8 Å². The highest BCUT2D eigenvalue weighted by atomic mass is 35.5. The van der Waals surface area contributed by atoms with Crippen molar-refractivity contribution in [3.8, 4) is 22.8 Å². The Labute approximate surface area is 160 Å². The van der Waals surface area contributed by atoms with E-state index in [0.717, 1.165) is 5.56 Å². The third-order valence-electron chi connectivity index (χ3n) is 3.96. The number of rotatable bonds is 4. The molecule has 0 fully saturated rings. The lowest BCUT2D eigenvalue weighted by Crippen LogP contribution is -2.13. The second-order valence-corrected chi connectivity index (χ2v) is 6.23. The van der Waals surface area contributed by atoms with Crippen LogP contribution in [-0.4, -0.2) is 16.0 Å². The molecule has 132 valence electrons. The quantitative estimate of drug-likeness (QED) is 0.525. The van der Waals surface area contributed by atoms with Gasteiger partial charge in [0.2, 0.25) is 5.82 Å². The summed E-state index contributed by atoms with van der Waals surface area (Å²) in [4.78, 5) is 17.1. The van der Waals surface area contributed by atoms with Crippen LogP contribution in [0.15, 0.2) is 83.4 Å². The molecule has 0 unspecified atom stereocenters. The van der Waals surface area contributed by atoms with Crippen molar-refractivity contribution >= 4 is 23.2 Å². The first-order chi connectivity index (χ1) is 13.2. The molecule has 1 N–H and O–H groups in total. The van der Waals surface area contributed by atoms with Gasteiger partial charge in [0.15, 0.2) is 0 Å². The number of halogens is 1. The van der Waals surface area contributed by atoms with E-state index in [9.17, 15) is 4.79 Å². The van der Waals surface area contributed by atoms with Crippen LogP contribution in [0, 0.1) is 0 Å². The molecule has 6 heteroatoms. The van der Waals surface area contributed by atoms with Crippen LogP contribution in [0.3, 0.4) is 0 Å². The Morgan fingerprint density at radius 3 is 2.37 bits per heavy atom. The summed E-state index contributed by atoms with van der Waals surface area (Å²) in [5.74, 6) is 0.460. The van der Waals surface area contributed by atoms with Crippen LogP contribution in [0.5, 0.6) is 0 Å². The van der Waals surface area contributed by atoms with E-state index in [1.807, 2.05) is 48.5 Å². The Hall–Kier alpha value is -3.44. The molecule has 0 aliphatic rings. The first-order valence-electron chi connectivity index (χ1n) is 8.26. The molecule has 3 aromatic carbocycles. The number of amides is 1. The Morgan fingerprint density at radius 2 is 1.59 bits per heavy atom. The summed E-state index contributed by atoms with van der Waals surface area (Å²) in [6.45, 7) is 0. The number of para-hydroxylation sites is 1. The molecule has 0 bridgehead atoms. The number of nitrogens with zero attached hydrogens (tertiary/aromatic N) is 2. The molecule has 0 aliphatic heterocycles. The highest BCUT2D eigenvalue weighted by Gasteiger charge is 2.18. The highest BCUT2D eigenvalue weighted by Crippen LogP contribution is 2.26. The average molecular weight is 376 g/mol. The fraction of sp³-hybridized carbons (Fsp3) is 0. The van der Waals surface area contributed by atoms with E-state index in [1.54, 1.807) is 30.3 Å². The van der Waals surface area contributed by atoms with E-state index >= 15 is 0 Å². The van der Waals surface area contributed by atoms with Crippen molar-refractivity contribution in [3.05, 3.63) is 89.4 Å². The zero-order chi connectivity index (χ0) is 18.6. The van der Waals surface area contributed by atoms with E-state index < -0.39 is 0 Å². The molecule has 1 aromatic heterocycles. The van der Waals surface area contributed by atoms with Crippen molar-refractivity contribution in [2.24, 2.45) is 0 Å². The highest BCUT2D eigenvalue weighted by molar-refractivity contribution is 6.30. The molecule has 0 spiro atoms. The van der Waals surface area contributed by atoms with Crippen molar-refractivity contribution in [3.63, 3.8) is 0 Å². The molecule has 1 heterocycles. The minimum absolute atomic E-state index is 0.247. The first-order valence-corrected chi connectivity index (χ1v) is 8.64. The summed E-state index contributed by atoms with van der Waals surface area (Å²) in [5, 5.41) is 7.52. The Morgan fingerprint density at radius 1 is 0.889 bits per heavy atom. The zero-order valence-electron chi connectivity index (χ0n) is 14.1. The van der Waals surface area contributed by atoms with Gasteiger partial charge in [0.05, 0.1) is 11.1 Å². The maximum absolute atomic E-state index is 12.7. The van der Waals surface area contributed by atoms with Crippen LogP contribution in [0.4, 0.5) is 5.69 Å². The van der Waals surface area contributed by atoms with E-state index in [0.29, 0.717) is 27.7 Å². The number of carbonyl (C=O) groups is 1. The second-order valence-electron chi connectivity index (χ2n) is 5.80. The van der Waals surface area contributed by atoms with Crippen molar-refractivity contribution in [1.82, 2.24) is 10.1 Å². The van der Waals surface area contributed by atoms with Crippen LogP contribution in [0.1, 0.15) is 10.4 Å². The Balaban J connectivity index is 1.65. The summed E-state index contributed by atoms with van der Waals surface area (Å²) in [6, 6.07) is 23.5. The van der Waals surface area contributed by atoms with E-state index in [-0.39, 0.29) is 11.8 Å². The summed E-state index contributed by atoms with van der Waals surface area (Å²) in [5.41, 5.74) is 2.51. The van der Waals surface area contributed by atoms with Crippen molar-refractivity contribution < 1.29 is 9.32 Å². The lowest BCUT2D eigenvalue weighted by atomic mass is 10.1. The van der Waals surface area contributed by atoms with Crippen LogP contribution in [-0.2, 0) is 0 Å². The molecule has 0 radical (unpaired) electrons. The van der Waals surface area contributed by atoms with Crippen molar-refractivity contribution in [2.45, 2.75) is 0 Å². The number of nitrogens with one attached hydrogen (secondary N) is 1. The standard InChI is InChI=1S/C21H14ClN3O2/c22-15-12-10-14(11-13-15)19-24-21(27-25-19)18-9-5-4-8-17(18)20(26)23-16-6-2-1-3-7-16/h1-13H,(H,23,26). The van der Waals surface area contributed by atoms with Gasteiger partial charge in [-0.1, -0.05) is 47.1 Å². The zero-order valence-corrected chi connectivity index (χ0v) is 14.9. The number of anilines is 1. The predicted octanol–water partition coefficient (Wildman–Crippen LogP) is 5.31. The summed E-state index contributed by atoms with van der Waals surface area (Å²) < 4.78 is 5.40. The molecule has 0 aliphatic carbocycles. The number of carbonyl (C=O) groups excluding carboxylic acids is 1. The van der Waals surface area contributed by atoms with Gasteiger partial charge < -0.3 is 9.84 Å². The Kier molecular flexibility index (Phi) is 4.68. The van der Waals surface area contributed by atoms with Gasteiger partial charge in [-0.05, 0) is 48.5 Å². The molecular formula is C21H14ClN3O2. The van der Waals surface area contributed by atoms with Crippen LogP contribution >= 0.6 is 11.6 Å². The molecular weight excluding hydrogens is 362 g/mol. The summed E-state index contributed by atoms with van der Waals surface area (Å²) in [6.07, 6.45) is 0. The smallest absolute Gasteiger partial charge is 0.259 e. The largest absolute Gasteiger partial charge is 0.334 e. The predicted molar refractivity (Wildman–Crippen MR) is 105 cm³/mol. The van der Waals surface area contributed by atoms with Crippen molar-refractivity contribution in [2.75, 3.05) is 5.32 Å². The average Bonchev–Trinajstić information content (AvgIpc) is 3.19. The number of aromatic nitrogens is 2. The molecule has 1 amide bonds. The third kappa shape index (κ3) is 3.73. The molecule has 0 saturated heterocycles. The fourth-order valence-corrected chi connectivity index (χ4v) is 2.76. The van der Waals surface area contributed by atoms with Gasteiger partial charge in [-0.25, -0.2) is 0 Å². The summed E-state index contributed by atoms with van der Waals surface area (Å²) >= 11 is 5.91. The molecule has 27 heavy (non-hydrogen) atoms. The lowest BCUT2D eigenvalue weighted by molar-refractivity contribution is 0.102. The van der Waals surface area contributed by atoms with Crippen molar-refractivity contribution in [1.29, 1.82) is 0 Å². The monoisotopic (exact) mass is 375 g/mol. The molecule has 5 nitrogen and oxygen atoms in total. The maximum atomic E-state index is 12.7. The minimum Gasteiger partial charge on any atom is -0.334 e. The fourth-order valence-electron chi connectivity index (χ4n) is 2.64. The molecule has 0 atom stereocenters. The van der Waals surface area contributed by atoms with E-state index in [2.05, 4.69) is 15.5 Å². The number of benzene rings is 3. The first kappa shape index (κ1) is 17.0. The van der Waals surface area contributed by atoms with Crippen LogP contribution in [0.2, 0.25) is 5.02 Å². The second kappa shape index (κ2) is 7.43. The topological polar surface area (TPSA) is 68.0 Å². The van der Waals surface area contributed by atoms with Gasteiger partial charge in [-0.2, -0.15) is 4.98 Å².